The average molecular weight is 368 g/mol. The number of rotatable bonds is 6. The van der Waals surface area contributed by atoms with Crippen LogP contribution in [0.15, 0.2) is 24.3 Å². The highest BCUT2D eigenvalue weighted by Crippen LogP contribution is 2.25. The molecule has 0 saturated heterocycles. The number of carbonyl (C=O) groups excluding carboxylic acids is 2. The Hall–Kier alpha value is -1.59. The predicted octanol–water partition coefficient (Wildman–Crippen LogP) is 3.94. The van der Waals surface area contributed by atoms with Gasteiger partial charge in [0.1, 0.15) is 0 Å². The van der Waals surface area contributed by atoms with Crippen LogP contribution in [0.1, 0.15) is 52.4 Å². The summed E-state index contributed by atoms with van der Waals surface area (Å²) in [4.78, 5) is 24.5. The standard InChI is InChI=1S/C19H29N3O2.ClH/c1-3-13(2)17(20)19(24)22-16-11-7-10-15(12-16)21-18(23)14-8-5-4-6-9-14;/h7,10-14,17H,3-6,8-9,20H2,1-2H3,(H,21,23)(H,22,24);1H. The molecule has 1 aliphatic carbocycles. The lowest BCUT2D eigenvalue weighted by Crippen LogP contribution is -2.40. The van der Waals surface area contributed by atoms with Gasteiger partial charge in [-0.2, -0.15) is 0 Å². The molecule has 2 unspecified atom stereocenters. The van der Waals surface area contributed by atoms with Crippen molar-refractivity contribution in [1.82, 2.24) is 0 Å². The molecule has 140 valence electrons. The molecule has 0 spiro atoms. The molecule has 5 nitrogen and oxygen atoms in total. The molecule has 0 heterocycles. The van der Waals surface area contributed by atoms with E-state index in [0.717, 1.165) is 32.1 Å². The van der Waals surface area contributed by atoms with Gasteiger partial charge in [-0.15, -0.1) is 12.4 Å². The summed E-state index contributed by atoms with van der Waals surface area (Å²) in [7, 11) is 0. The number of amides is 2. The van der Waals surface area contributed by atoms with Gasteiger partial charge in [0, 0.05) is 17.3 Å². The van der Waals surface area contributed by atoms with Gasteiger partial charge in [0.05, 0.1) is 6.04 Å². The van der Waals surface area contributed by atoms with Crippen molar-refractivity contribution in [3.63, 3.8) is 0 Å². The third-order valence-electron chi connectivity index (χ3n) is 4.93. The monoisotopic (exact) mass is 367 g/mol. The molecule has 2 rings (SSSR count). The zero-order chi connectivity index (χ0) is 17.5. The van der Waals surface area contributed by atoms with Crippen LogP contribution < -0.4 is 16.4 Å². The second-order valence-corrected chi connectivity index (χ2v) is 6.81. The summed E-state index contributed by atoms with van der Waals surface area (Å²) in [5, 5.41) is 5.80. The molecule has 1 aromatic carbocycles. The Morgan fingerprint density at radius 1 is 1.16 bits per heavy atom. The van der Waals surface area contributed by atoms with Crippen molar-refractivity contribution in [2.24, 2.45) is 17.6 Å². The van der Waals surface area contributed by atoms with E-state index in [4.69, 9.17) is 5.73 Å². The minimum Gasteiger partial charge on any atom is -0.326 e. The molecule has 1 aliphatic rings. The number of nitrogens with one attached hydrogen (secondary N) is 2. The van der Waals surface area contributed by atoms with E-state index in [1.54, 1.807) is 12.1 Å². The summed E-state index contributed by atoms with van der Waals surface area (Å²) in [5.41, 5.74) is 7.32. The lowest BCUT2D eigenvalue weighted by molar-refractivity contribution is -0.120. The zero-order valence-corrected chi connectivity index (χ0v) is 15.9. The topological polar surface area (TPSA) is 84.2 Å². The van der Waals surface area contributed by atoms with Crippen LogP contribution in [0.4, 0.5) is 11.4 Å². The Labute approximate surface area is 156 Å². The summed E-state index contributed by atoms with van der Waals surface area (Å²) in [6.07, 6.45) is 6.26. The predicted molar refractivity (Wildman–Crippen MR) is 105 cm³/mol. The van der Waals surface area contributed by atoms with E-state index < -0.39 is 6.04 Å². The molecule has 25 heavy (non-hydrogen) atoms. The molecule has 4 N–H and O–H groups in total. The molecule has 2 atom stereocenters. The smallest absolute Gasteiger partial charge is 0.241 e. The number of hydrogen-bond acceptors (Lipinski definition) is 3. The molecule has 6 heteroatoms. The van der Waals surface area contributed by atoms with Gasteiger partial charge < -0.3 is 16.4 Å². The van der Waals surface area contributed by atoms with Gasteiger partial charge in [-0.05, 0) is 37.0 Å². The highest BCUT2D eigenvalue weighted by Gasteiger charge is 2.22. The van der Waals surface area contributed by atoms with Crippen molar-refractivity contribution in [2.75, 3.05) is 10.6 Å². The van der Waals surface area contributed by atoms with Crippen molar-refractivity contribution in [3.05, 3.63) is 24.3 Å². The maximum atomic E-state index is 12.3. The molecule has 0 radical (unpaired) electrons. The van der Waals surface area contributed by atoms with Gasteiger partial charge >= 0.3 is 0 Å². The lowest BCUT2D eigenvalue weighted by atomic mass is 9.88. The van der Waals surface area contributed by atoms with E-state index in [1.165, 1.54) is 6.42 Å². The van der Waals surface area contributed by atoms with Crippen LogP contribution in [0.25, 0.3) is 0 Å². The molecule has 0 aromatic heterocycles. The van der Waals surface area contributed by atoms with Crippen LogP contribution in [0.2, 0.25) is 0 Å². The van der Waals surface area contributed by atoms with Gasteiger partial charge in [-0.25, -0.2) is 0 Å². The molecule has 1 saturated carbocycles. The fourth-order valence-electron chi connectivity index (χ4n) is 3.02. The second-order valence-electron chi connectivity index (χ2n) is 6.81. The number of hydrogen-bond donors (Lipinski definition) is 3. The summed E-state index contributed by atoms with van der Waals surface area (Å²) < 4.78 is 0. The van der Waals surface area contributed by atoms with Crippen molar-refractivity contribution in [2.45, 2.75) is 58.4 Å². The van der Waals surface area contributed by atoms with Crippen molar-refractivity contribution >= 4 is 35.6 Å². The fourth-order valence-corrected chi connectivity index (χ4v) is 3.02. The third kappa shape index (κ3) is 6.33. The van der Waals surface area contributed by atoms with E-state index in [2.05, 4.69) is 10.6 Å². The van der Waals surface area contributed by atoms with Crippen LogP contribution in [-0.4, -0.2) is 17.9 Å². The molecule has 1 aromatic rings. The number of nitrogens with two attached hydrogens (primary N) is 1. The van der Waals surface area contributed by atoms with Crippen molar-refractivity contribution in [3.8, 4) is 0 Å². The SMILES string of the molecule is CCC(C)C(N)C(=O)Nc1cccc(NC(=O)C2CCCCC2)c1.Cl. The van der Waals surface area contributed by atoms with E-state index in [9.17, 15) is 9.59 Å². The third-order valence-corrected chi connectivity index (χ3v) is 4.93. The first kappa shape index (κ1) is 21.5. The Kier molecular flexibility index (Phi) is 8.93. The first-order chi connectivity index (χ1) is 11.5. The van der Waals surface area contributed by atoms with E-state index in [-0.39, 0.29) is 36.1 Å². The molecule has 1 fully saturated rings. The van der Waals surface area contributed by atoms with Crippen LogP contribution >= 0.6 is 12.4 Å². The van der Waals surface area contributed by atoms with Gasteiger partial charge in [0.25, 0.3) is 0 Å². The Morgan fingerprint density at radius 3 is 2.36 bits per heavy atom. The first-order valence-corrected chi connectivity index (χ1v) is 8.98. The van der Waals surface area contributed by atoms with Crippen molar-refractivity contribution < 1.29 is 9.59 Å². The van der Waals surface area contributed by atoms with E-state index in [1.807, 2.05) is 26.0 Å². The van der Waals surface area contributed by atoms with Crippen LogP contribution in [0.3, 0.4) is 0 Å². The molecular weight excluding hydrogens is 338 g/mol. The summed E-state index contributed by atoms with van der Waals surface area (Å²) in [5.74, 6) is 0.115. The minimum atomic E-state index is -0.532. The van der Waals surface area contributed by atoms with Gasteiger partial charge in [0.15, 0.2) is 0 Å². The lowest BCUT2D eigenvalue weighted by Gasteiger charge is -2.21. The van der Waals surface area contributed by atoms with Crippen LogP contribution in [-0.2, 0) is 9.59 Å². The zero-order valence-electron chi connectivity index (χ0n) is 15.1. The highest BCUT2D eigenvalue weighted by molar-refractivity contribution is 5.97. The summed E-state index contributed by atoms with van der Waals surface area (Å²) in [6.45, 7) is 3.98. The van der Waals surface area contributed by atoms with Crippen molar-refractivity contribution in [1.29, 1.82) is 0 Å². The minimum absolute atomic E-state index is 0. The maximum absolute atomic E-state index is 12.3. The Morgan fingerprint density at radius 2 is 1.76 bits per heavy atom. The quantitative estimate of drug-likeness (QED) is 0.711. The van der Waals surface area contributed by atoms with Crippen LogP contribution in [0.5, 0.6) is 0 Å². The van der Waals surface area contributed by atoms with E-state index in [0.29, 0.717) is 11.4 Å². The first-order valence-electron chi connectivity index (χ1n) is 8.98. The average Bonchev–Trinajstić information content (AvgIpc) is 2.61. The normalized spacial score (nSPS) is 17.1. The highest BCUT2D eigenvalue weighted by atomic mass is 35.5. The summed E-state index contributed by atoms with van der Waals surface area (Å²) >= 11 is 0. The fraction of sp³-hybridized carbons (Fsp3) is 0.579. The number of benzene rings is 1. The number of halogens is 1. The maximum Gasteiger partial charge on any atom is 0.241 e. The molecular formula is C19H30ClN3O2. The Balaban J connectivity index is 0.00000312. The van der Waals surface area contributed by atoms with Gasteiger partial charge in [-0.3, -0.25) is 9.59 Å². The van der Waals surface area contributed by atoms with Gasteiger partial charge in [-0.1, -0.05) is 45.6 Å². The molecule has 0 aliphatic heterocycles. The largest absolute Gasteiger partial charge is 0.326 e. The van der Waals surface area contributed by atoms with Crippen LogP contribution in [0, 0.1) is 11.8 Å². The number of carbonyl (C=O) groups is 2. The Bertz CT molecular complexity index is 542. The second kappa shape index (κ2) is 10.4. The number of anilines is 2. The molecule has 2 amide bonds. The molecule has 0 bridgehead atoms. The summed E-state index contributed by atoms with van der Waals surface area (Å²) in [6, 6.07) is 6.71. The van der Waals surface area contributed by atoms with E-state index >= 15 is 0 Å². The van der Waals surface area contributed by atoms with Gasteiger partial charge in [0.2, 0.25) is 11.8 Å².